The van der Waals surface area contributed by atoms with E-state index in [0.29, 0.717) is 17.4 Å². The molecule has 0 saturated carbocycles. The summed E-state index contributed by atoms with van der Waals surface area (Å²) in [6.07, 6.45) is 3.20. The lowest BCUT2D eigenvalue weighted by molar-refractivity contribution is -0.130. The van der Waals surface area contributed by atoms with Gasteiger partial charge in [0.1, 0.15) is 11.9 Å². The zero-order valence-corrected chi connectivity index (χ0v) is 11.7. The van der Waals surface area contributed by atoms with E-state index in [1.54, 1.807) is 19.1 Å². The fourth-order valence-corrected chi connectivity index (χ4v) is 2.43. The summed E-state index contributed by atoms with van der Waals surface area (Å²) in [5.41, 5.74) is 0.326. The number of nitrogens with one attached hydrogen (secondary N) is 1. The summed E-state index contributed by atoms with van der Waals surface area (Å²) in [6, 6.07) is 5.36. The second-order valence-corrected chi connectivity index (χ2v) is 5.08. The van der Waals surface area contributed by atoms with Crippen LogP contribution in [-0.4, -0.2) is 40.6 Å². The lowest BCUT2D eigenvalue weighted by Gasteiger charge is -2.31. The first-order chi connectivity index (χ1) is 9.69. The van der Waals surface area contributed by atoms with Gasteiger partial charge in [0.25, 0.3) is 0 Å². The highest BCUT2D eigenvalue weighted by Crippen LogP contribution is 2.20. The second-order valence-electron chi connectivity index (χ2n) is 5.08. The van der Waals surface area contributed by atoms with Gasteiger partial charge in [-0.3, -0.25) is 4.79 Å². The smallest absolute Gasteiger partial charge is 0.219 e. The molecular formula is C14H19N5O. The van der Waals surface area contributed by atoms with Gasteiger partial charge in [-0.05, 0) is 37.3 Å². The molecule has 1 aromatic rings. The minimum atomic E-state index is 0.175. The summed E-state index contributed by atoms with van der Waals surface area (Å²) in [7, 11) is 0. The standard InChI is InChI=1S/C14H19N5O/c1-11(20)19-8-5-12(6-9-19)4-7-16-14-3-2-13(10-15)17-18-14/h2-3,12H,4-9H2,1H3,(H,16,18). The van der Waals surface area contributed by atoms with Gasteiger partial charge in [-0.2, -0.15) is 5.26 Å². The second kappa shape index (κ2) is 6.85. The third-order valence-electron chi connectivity index (χ3n) is 3.70. The van der Waals surface area contributed by atoms with Crippen molar-refractivity contribution in [2.75, 3.05) is 25.0 Å². The molecule has 0 unspecified atom stereocenters. The Bertz CT molecular complexity index is 485. The molecule has 2 rings (SSSR count). The number of likely N-dealkylation sites (tertiary alicyclic amines) is 1. The largest absolute Gasteiger partial charge is 0.369 e. The van der Waals surface area contributed by atoms with Crippen molar-refractivity contribution >= 4 is 11.7 Å². The Kier molecular flexibility index (Phi) is 4.88. The summed E-state index contributed by atoms with van der Waals surface area (Å²) in [5.74, 6) is 1.53. The van der Waals surface area contributed by atoms with Crippen LogP contribution in [0.4, 0.5) is 5.82 Å². The van der Waals surface area contributed by atoms with Crippen molar-refractivity contribution in [2.45, 2.75) is 26.2 Å². The molecule has 1 aromatic heterocycles. The number of carbonyl (C=O) groups excluding carboxylic acids is 1. The lowest BCUT2D eigenvalue weighted by atomic mass is 9.93. The summed E-state index contributed by atoms with van der Waals surface area (Å²) < 4.78 is 0. The third-order valence-corrected chi connectivity index (χ3v) is 3.70. The van der Waals surface area contributed by atoms with Crippen LogP contribution in [0.15, 0.2) is 12.1 Å². The van der Waals surface area contributed by atoms with E-state index in [1.165, 1.54) is 0 Å². The number of anilines is 1. The maximum atomic E-state index is 11.2. The van der Waals surface area contributed by atoms with E-state index in [2.05, 4.69) is 15.5 Å². The maximum absolute atomic E-state index is 11.2. The van der Waals surface area contributed by atoms with Crippen LogP contribution < -0.4 is 5.32 Å². The zero-order valence-electron chi connectivity index (χ0n) is 11.7. The van der Waals surface area contributed by atoms with Crippen LogP contribution in [0.2, 0.25) is 0 Å². The number of carbonyl (C=O) groups is 1. The average molecular weight is 273 g/mol. The van der Waals surface area contributed by atoms with E-state index in [1.807, 2.05) is 11.0 Å². The van der Waals surface area contributed by atoms with E-state index in [0.717, 1.165) is 38.9 Å². The van der Waals surface area contributed by atoms with Gasteiger partial charge in [0.05, 0.1) is 0 Å². The molecule has 0 spiro atoms. The summed E-state index contributed by atoms with van der Waals surface area (Å²) in [6.45, 7) is 4.21. The monoisotopic (exact) mass is 273 g/mol. The molecule has 2 heterocycles. The Balaban J connectivity index is 1.69. The van der Waals surface area contributed by atoms with Gasteiger partial charge in [0.15, 0.2) is 5.69 Å². The molecule has 1 aliphatic heterocycles. The minimum Gasteiger partial charge on any atom is -0.369 e. The predicted molar refractivity (Wildman–Crippen MR) is 74.8 cm³/mol. The van der Waals surface area contributed by atoms with Gasteiger partial charge in [0.2, 0.25) is 5.91 Å². The zero-order chi connectivity index (χ0) is 14.4. The summed E-state index contributed by atoms with van der Waals surface area (Å²) in [4.78, 5) is 13.1. The van der Waals surface area contributed by atoms with Crippen LogP contribution in [-0.2, 0) is 4.79 Å². The number of rotatable bonds is 4. The van der Waals surface area contributed by atoms with Crippen molar-refractivity contribution in [3.8, 4) is 6.07 Å². The number of aromatic nitrogens is 2. The van der Waals surface area contributed by atoms with Gasteiger partial charge in [-0.1, -0.05) is 0 Å². The highest BCUT2D eigenvalue weighted by Gasteiger charge is 2.20. The molecule has 0 aromatic carbocycles. The van der Waals surface area contributed by atoms with E-state index >= 15 is 0 Å². The summed E-state index contributed by atoms with van der Waals surface area (Å²) in [5, 5.41) is 19.6. The quantitative estimate of drug-likeness (QED) is 0.897. The molecule has 1 fully saturated rings. The van der Waals surface area contributed by atoms with Crippen LogP contribution in [0.25, 0.3) is 0 Å². The van der Waals surface area contributed by atoms with E-state index in [9.17, 15) is 4.79 Å². The maximum Gasteiger partial charge on any atom is 0.219 e. The molecule has 20 heavy (non-hydrogen) atoms. The van der Waals surface area contributed by atoms with Crippen molar-refractivity contribution in [1.82, 2.24) is 15.1 Å². The molecule has 106 valence electrons. The molecule has 0 bridgehead atoms. The van der Waals surface area contributed by atoms with Gasteiger partial charge in [-0.25, -0.2) is 0 Å². The Morgan fingerprint density at radius 3 is 2.75 bits per heavy atom. The van der Waals surface area contributed by atoms with Gasteiger partial charge < -0.3 is 10.2 Å². The topological polar surface area (TPSA) is 81.9 Å². The molecule has 1 amide bonds. The van der Waals surface area contributed by atoms with Crippen LogP contribution in [0.5, 0.6) is 0 Å². The fourth-order valence-electron chi connectivity index (χ4n) is 2.43. The first-order valence-corrected chi connectivity index (χ1v) is 6.92. The number of amides is 1. The van der Waals surface area contributed by atoms with Crippen molar-refractivity contribution in [3.05, 3.63) is 17.8 Å². The molecule has 0 atom stereocenters. The van der Waals surface area contributed by atoms with Crippen LogP contribution in [0.3, 0.4) is 0 Å². The van der Waals surface area contributed by atoms with Crippen molar-refractivity contribution in [2.24, 2.45) is 5.92 Å². The number of hydrogen-bond donors (Lipinski definition) is 1. The van der Waals surface area contributed by atoms with Crippen LogP contribution in [0, 0.1) is 17.2 Å². The number of hydrogen-bond acceptors (Lipinski definition) is 5. The van der Waals surface area contributed by atoms with Gasteiger partial charge >= 0.3 is 0 Å². The van der Waals surface area contributed by atoms with Crippen LogP contribution >= 0.6 is 0 Å². The summed E-state index contributed by atoms with van der Waals surface area (Å²) >= 11 is 0. The molecule has 1 N–H and O–H groups in total. The first-order valence-electron chi connectivity index (χ1n) is 6.92. The third kappa shape index (κ3) is 3.92. The lowest BCUT2D eigenvalue weighted by Crippen LogP contribution is -2.37. The van der Waals surface area contributed by atoms with Crippen LogP contribution in [0.1, 0.15) is 31.9 Å². The van der Waals surface area contributed by atoms with E-state index in [-0.39, 0.29) is 5.91 Å². The normalized spacial score (nSPS) is 15.7. The molecule has 0 aliphatic carbocycles. The molecule has 1 saturated heterocycles. The highest BCUT2D eigenvalue weighted by molar-refractivity contribution is 5.73. The molecular weight excluding hydrogens is 254 g/mol. The average Bonchev–Trinajstić information content (AvgIpc) is 2.48. The van der Waals surface area contributed by atoms with Crippen molar-refractivity contribution < 1.29 is 4.79 Å². The predicted octanol–water partition coefficient (Wildman–Crippen LogP) is 1.41. The Labute approximate surface area is 118 Å². The van der Waals surface area contributed by atoms with Gasteiger partial charge in [-0.15, -0.1) is 10.2 Å². The Hall–Kier alpha value is -2.16. The van der Waals surface area contributed by atoms with E-state index in [4.69, 9.17) is 5.26 Å². The molecule has 6 nitrogen and oxygen atoms in total. The van der Waals surface area contributed by atoms with Crippen molar-refractivity contribution in [3.63, 3.8) is 0 Å². The van der Waals surface area contributed by atoms with Gasteiger partial charge in [0, 0.05) is 26.6 Å². The molecule has 1 aliphatic rings. The fraction of sp³-hybridized carbons (Fsp3) is 0.571. The number of nitriles is 1. The SMILES string of the molecule is CC(=O)N1CCC(CCNc2ccc(C#N)nn2)CC1. The molecule has 6 heteroatoms. The minimum absolute atomic E-state index is 0.175. The molecule has 0 radical (unpaired) electrons. The Morgan fingerprint density at radius 1 is 1.45 bits per heavy atom. The first kappa shape index (κ1) is 14.3. The Morgan fingerprint density at radius 2 is 2.20 bits per heavy atom. The number of nitrogens with zero attached hydrogens (tertiary/aromatic N) is 4. The number of piperidine rings is 1. The van der Waals surface area contributed by atoms with E-state index < -0.39 is 0 Å². The highest BCUT2D eigenvalue weighted by atomic mass is 16.2. The van der Waals surface area contributed by atoms with Crippen molar-refractivity contribution in [1.29, 1.82) is 5.26 Å².